The first-order chi connectivity index (χ1) is 17.5. The Morgan fingerprint density at radius 3 is 2.47 bits per heavy atom. The number of esters is 1. The number of ether oxygens (including phenoxy) is 2. The highest BCUT2D eigenvalue weighted by atomic mass is 79.9. The van der Waals surface area contributed by atoms with E-state index in [0.717, 1.165) is 15.2 Å². The van der Waals surface area contributed by atoms with Crippen LogP contribution in [0.5, 0.6) is 11.5 Å². The van der Waals surface area contributed by atoms with Crippen LogP contribution in [0.2, 0.25) is 5.02 Å². The van der Waals surface area contributed by atoms with Crippen LogP contribution in [0.4, 0.5) is 0 Å². The number of hydrogen-bond acceptors (Lipinski definition) is 5. The van der Waals surface area contributed by atoms with Gasteiger partial charge in [-0.25, -0.2) is 10.2 Å². The van der Waals surface area contributed by atoms with Crippen LogP contribution in [-0.4, -0.2) is 24.2 Å². The molecule has 0 spiro atoms. The van der Waals surface area contributed by atoms with Gasteiger partial charge < -0.3 is 9.47 Å². The van der Waals surface area contributed by atoms with Gasteiger partial charge in [-0.15, -0.1) is 0 Å². The third kappa shape index (κ3) is 6.11. The Morgan fingerprint density at radius 2 is 1.72 bits per heavy atom. The second kappa shape index (κ2) is 11.8. The zero-order chi connectivity index (χ0) is 25.5. The molecule has 0 saturated carbocycles. The van der Waals surface area contributed by atoms with Crippen molar-refractivity contribution in [3.63, 3.8) is 0 Å². The fourth-order valence-electron chi connectivity index (χ4n) is 3.43. The average molecular weight is 566 g/mol. The fourth-order valence-corrected chi connectivity index (χ4v) is 4.23. The number of rotatable bonds is 8. The van der Waals surface area contributed by atoms with E-state index in [1.807, 2.05) is 43.3 Å². The first-order valence-electron chi connectivity index (χ1n) is 11.2. The largest absolute Gasteiger partial charge is 0.479 e. The number of nitrogens with one attached hydrogen (secondary N) is 1. The Hall–Kier alpha value is -3.68. The third-order valence-corrected chi connectivity index (χ3v) is 6.48. The zero-order valence-electron chi connectivity index (χ0n) is 19.3. The van der Waals surface area contributed by atoms with Gasteiger partial charge >= 0.3 is 5.97 Å². The van der Waals surface area contributed by atoms with E-state index >= 15 is 0 Å². The van der Waals surface area contributed by atoms with Crippen LogP contribution in [0.15, 0.2) is 94.5 Å². The van der Waals surface area contributed by atoms with E-state index in [1.165, 1.54) is 6.21 Å². The van der Waals surface area contributed by atoms with Crippen molar-refractivity contribution >= 4 is 56.4 Å². The Balaban J connectivity index is 1.34. The van der Waals surface area contributed by atoms with Crippen LogP contribution in [0, 0.1) is 0 Å². The normalized spacial score (nSPS) is 11.9. The monoisotopic (exact) mass is 564 g/mol. The number of halogens is 2. The first-order valence-corrected chi connectivity index (χ1v) is 12.4. The lowest BCUT2D eigenvalue weighted by Crippen LogP contribution is -2.35. The summed E-state index contributed by atoms with van der Waals surface area (Å²) in [7, 11) is 0. The molecule has 0 heterocycles. The second-order valence-corrected chi connectivity index (χ2v) is 8.99. The molecule has 6 nitrogen and oxygen atoms in total. The number of hydrazone groups is 1. The highest BCUT2D eigenvalue weighted by Crippen LogP contribution is 2.33. The number of amides is 1. The van der Waals surface area contributed by atoms with Gasteiger partial charge in [0, 0.05) is 0 Å². The quantitative estimate of drug-likeness (QED) is 0.111. The molecule has 1 amide bonds. The van der Waals surface area contributed by atoms with Crippen molar-refractivity contribution in [2.75, 3.05) is 0 Å². The molecule has 1 N–H and O–H groups in total. The van der Waals surface area contributed by atoms with Gasteiger partial charge in [-0.3, -0.25) is 4.79 Å². The summed E-state index contributed by atoms with van der Waals surface area (Å²) >= 11 is 9.62. The molecule has 1 unspecified atom stereocenters. The summed E-state index contributed by atoms with van der Waals surface area (Å²) in [5, 5.41) is 6.43. The van der Waals surface area contributed by atoms with Gasteiger partial charge in [-0.05, 0) is 81.2 Å². The lowest BCUT2D eigenvalue weighted by Gasteiger charge is -2.17. The van der Waals surface area contributed by atoms with E-state index in [1.54, 1.807) is 48.5 Å². The molecule has 36 heavy (non-hydrogen) atoms. The van der Waals surface area contributed by atoms with Crippen LogP contribution >= 0.6 is 27.5 Å². The van der Waals surface area contributed by atoms with E-state index in [4.69, 9.17) is 21.1 Å². The van der Waals surface area contributed by atoms with E-state index in [-0.39, 0.29) is 11.5 Å². The van der Waals surface area contributed by atoms with Crippen LogP contribution in [-0.2, 0) is 4.79 Å². The van der Waals surface area contributed by atoms with Gasteiger partial charge in [0.25, 0.3) is 5.91 Å². The van der Waals surface area contributed by atoms with E-state index < -0.39 is 12.1 Å². The van der Waals surface area contributed by atoms with Crippen molar-refractivity contribution in [3.05, 3.63) is 106 Å². The van der Waals surface area contributed by atoms with Crippen molar-refractivity contribution in [1.29, 1.82) is 0 Å². The molecule has 182 valence electrons. The van der Waals surface area contributed by atoms with Crippen molar-refractivity contribution in [3.8, 4) is 11.5 Å². The minimum absolute atomic E-state index is 0.288. The third-order valence-electron chi connectivity index (χ3n) is 5.33. The fraction of sp³-hybridized carbons (Fsp3) is 0.107. The second-order valence-electron chi connectivity index (χ2n) is 7.79. The summed E-state index contributed by atoms with van der Waals surface area (Å²) < 4.78 is 12.1. The molecule has 4 aromatic carbocycles. The van der Waals surface area contributed by atoms with Crippen LogP contribution in [0.1, 0.15) is 29.3 Å². The molecule has 0 aliphatic rings. The first kappa shape index (κ1) is 25.4. The van der Waals surface area contributed by atoms with Gasteiger partial charge in [0.05, 0.1) is 21.3 Å². The Labute approximate surface area is 222 Å². The number of fused-ring (bicyclic) bond motifs is 1. The van der Waals surface area contributed by atoms with Gasteiger partial charge in [0.15, 0.2) is 6.10 Å². The Bertz CT molecular complexity index is 1420. The van der Waals surface area contributed by atoms with E-state index in [2.05, 4.69) is 26.5 Å². The van der Waals surface area contributed by atoms with Crippen molar-refractivity contribution in [1.82, 2.24) is 5.43 Å². The molecule has 0 aliphatic carbocycles. The molecule has 1 atom stereocenters. The molecule has 0 aromatic heterocycles. The topological polar surface area (TPSA) is 77.0 Å². The van der Waals surface area contributed by atoms with Gasteiger partial charge in [-0.2, -0.15) is 5.10 Å². The van der Waals surface area contributed by atoms with E-state index in [0.29, 0.717) is 28.5 Å². The summed E-state index contributed by atoms with van der Waals surface area (Å²) in [5.74, 6) is 0.0418. The number of carbonyl (C=O) groups is 2. The summed E-state index contributed by atoms with van der Waals surface area (Å²) in [6, 6.07) is 25.1. The number of carbonyl (C=O) groups excluding carboxylic acids is 2. The van der Waals surface area contributed by atoms with Crippen LogP contribution in [0.3, 0.4) is 0 Å². The van der Waals surface area contributed by atoms with Gasteiger partial charge in [0.2, 0.25) is 0 Å². The molecule has 8 heteroatoms. The predicted octanol–water partition coefficient (Wildman–Crippen LogP) is 6.78. The van der Waals surface area contributed by atoms with Crippen LogP contribution < -0.4 is 14.9 Å². The SMILES string of the molecule is CCC(Oc1ccc2ccccc2c1Br)C(=O)N/N=C/c1ccc(OC(=O)c2ccccc2Cl)cc1. The predicted molar refractivity (Wildman–Crippen MR) is 145 cm³/mol. The maximum absolute atomic E-state index is 12.6. The number of benzene rings is 4. The van der Waals surface area contributed by atoms with Crippen molar-refractivity contribution in [2.24, 2.45) is 5.10 Å². The van der Waals surface area contributed by atoms with Crippen LogP contribution in [0.25, 0.3) is 10.8 Å². The summed E-state index contributed by atoms with van der Waals surface area (Å²) in [6.07, 6.45) is 1.24. The molecule has 0 fully saturated rings. The van der Waals surface area contributed by atoms with Crippen molar-refractivity contribution in [2.45, 2.75) is 19.4 Å². The molecule has 0 bridgehead atoms. The maximum atomic E-state index is 12.6. The maximum Gasteiger partial charge on any atom is 0.345 e. The van der Waals surface area contributed by atoms with Crippen molar-refractivity contribution < 1.29 is 19.1 Å². The summed E-state index contributed by atoms with van der Waals surface area (Å²) in [5.41, 5.74) is 3.52. The Kier molecular flexibility index (Phi) is 8.36. The summed E-state index contributed by atoms with van der Waals surface area (Å²) in [6.45, 7) is 1.87. The molecular weight excluding hydrogens is 544 g/mol. The molecule has 0 aliphatic heterocycles. The van der Waals surface area contributed by atoms with E-state index in [9.17, 15) is 9.59 Å². The average Bonchev–Trinajstić information content (AvgIpc) is 2.89. The van der Waals surface area contributed by atoms with Gasteiger partial charge in [0.1, 0.15) is 11.5 Å². The molecule has 4 aromatic rings. The lowest BCUT2D eigenvalue weighted by atomic mass is 10.1. The number of nitrogens with zero attached hydrogens (tertiary/aromatic N) is 1. The Morgan fingerprint density at radius 1 is 1.00 bits per heavy atom. The molecule has 0 saturated heterocycles. The highest BCUT2D eigenvalue weighted by molar-refractivity contribution is 9.10. The minimum Gasteiger partial charge on any atom is -0.479 e. The zero-order valence-corrected chi connectivity index (χ0v) is 21.6. The molecule has 0 radical (unpaired) electrons. The highest BCUT2D eigenvalue weighted by Gasteiger charge is 2.20. The molecule has 4 rings (SSSR count). The number of hydrogen-bond donors (Lipinski definition) is 1. The minimum atomic E-state index is -0.716. The molecular formula is C28H22BrClN2O4. The standard InChI is InChI=1S/C28H22BrClN2O4/c1-2-24(36-25-16-13-19-7-3-4-8-21(19)26(25)29)27(33)32-31-17-18-11-14-20(15-12-18)35-28(34)22-9-5-6-10-23(22)30/h3-17,24H,2H2,1H3,(H,32,33)/b31-17+. The smallest absolute Gasteiger partial charge is 0.345 e. The van der Waals surface area contributed by atoms with Gasteiger partial charge in [-0.1, -0.05) is 61.0 Å². The summed E-state index contributed by atoms with van der Waals surface area (Å²) in [4.78, 5) is 24.9. The lowest BCUT2D eigenvalue weighted by molar-refractivity contribution is -0.128.